The topological polar surface area (TPSA) is 41.6 Å². The number of urea groups is 1. The largest absolute Gasteiger partial charge is 0.487 e. The smallest absolute Gasteiger partial charge is 0.416 e. The van der Waals surface area contributed by atoms with Crippen LogP contribution in [0.15, 0.2) is 54.6 Å². The number of alkyl halides is 3. The summed E-state index contributed by atoms with van der Waals surface area (Å²) in [5.41, 5.74) is -0.0669. The SMILES string of the molecule is O=C(Nc1ccccc1)N1CC(Oc2cccc(C(F)(F)F)c2)C1. The molecule has 1 heterocycles. The number of rotatable bonds is 3. The summed E-state index contributed by atoms with van der Waals surface area (Å²) in [7, 11) is 0. The normalized spacial score (nSPS) is 14.9. The van der Waals surface area contributed by atoms with Crippen LogP contribution in [0.2, 0.25) is 0 Å². The van der Waals surface area contributed by atoms with E-state index in [0.717, 1.165) is 12.1 Å². The van der Waals surface area contributed by atoms with Crippen LogP contribution in [0.1, 0.15) is 5.56 Å². The van der Waals surface area contributed by atoms with E-state index in [-0.39, 0.29) is 17.9 Å². The number of carbonyl (C=O) groups is 1. The van der Waals surface area contributed by atoms with Crippen molar-refractivity contribution in [1.29, 1.82) is 0 Å². The van der Waals surface area contributed by atoms with Crippen LogP contribution in [0.5, 0.6) is 5.75 Å². The van der Waals surface area contributed by atoms with Gasteiger partial charge < -0.3 is 15.0 Å². The van der Waals surface area contributed by atoms with Gasteiger partial charge in [0.25, 0.3) is 0 Å². The van der Waals surface area contributed by atoms with Gasteiger partial charge in [-0.3, -0.25) is 0 Å². The van der Waals surface area contributed by atoms with Crippen LogP contribution in [0, 0.1) is 0 Å². The molecule has 3 rings (SSSR count). The maximum Gasteiger partial charge on any atom is 0.416 e. The van der Waals surface area contributed by atoms with Crippen molar-refractivity contribution in [3.63, 3.8) is 0 Å². The van der Waals surface area contributed by atoms with Gasteiger partial charge in [0, 0.05) is 5.69 Å². The molecule has 0 aliphatic carbocycles. The molecule has 0 bridgehead atoms. The number of nitrogens with one attached hydrogen (secondary N) is 1. The highest BCUT2D eigenvalue weighted by Gasteiger charge is 2.34. The highest BCUT2D eigenvalue weighted by molar-refractivity contribution is 5.89. The van der Waals surface area contributed by atoms with Gasteiger partial charge in [-0.25, -0.2) is 4.79 Å². The fourth-order valence-corrected chi connectivity index (χ4v) is 2.34. The Hall–Kier alpha value is -2.70. The summed E-state index contributed by atoms with van der Waals surface area (Å²) in [6, 6.07) is 13.5. The van der Waals surface area contributed by atoms with Gasteiger partial charge in [-0.1, -0.05) is 24.3 Å². The third kappa shape index (κ3) is 3.79. The first kappa shape index (κ1) is 16.2. The molecule has 1 fully saturated rings. The van der Waals surface area contributed by atoms with Crippen molar-refractivity contribution < 1.29 is 22.7 Å². The first-order valence-electron chi connectivity index (χ1n) is 7.37. The molecular formula is C17H15F3N2O2. The minimum absolute atomic E-state index is 0.151. The molecule has 0 atom stereocenters. The van der Waals surface area contributed by atoms with Crippen LogP contribution < -0.4 is 10.1 Å². The molecular weight excluding hydrogens is 321 g/mol. The summed E-state index contributed by atoms with van der Waals surface area (Å²) in [5, 5.41) is 2.74. The van der Waals surface area contributed by atoms with E-state index in [2.05, 4.69) is 5.32 Å². The maximum absolute atomic E-state index is 12.7. The van der Waals surface area contributed by atoms with E-state index >= 15 is 0 Å². The fourth-order valence-electron chi connectivity index (χ4n) is 2.34. The van der Waals surface area contributed by atoms with Crippen LogP contribution >= 0.6 is 0 Å². The van der Waals surface area contributed by atoms with Crippen molar-refractivity contribution >= 4 is 11.7 Å². The Bertz CT molecular complexity index is 713. The Morgan fingerprint density at radius 3 is 2.46 bits per heavy atom. The van der Waals surface area contributed by atoms with Gasteiger partial charge in [0.05, 0.1) is 18.7 Å². The predicted octanol–water partition coefficient (Wildman–Crippen LogP) is 4.00. The lowest BCUT2D eigenvalue weighted by atomic mass is 10.1. The van der Waals surface area contributed by atoms with Crippen LogP contribution in [-0.4, -0.2) is 30.1 Å². The molecule has 24 heavy (non-hydrogen) atoms. The summed E-state index contributed by atoms with van der Waals surface area (Å²) in [4.78, 5) is 13.5. The third-order valence-corrected chi connectivity index (χ3v) is 3.62. The molecule has 1 aliphatic heterocycles. The molecule has 1 aliphatic rings. The van der Waals surface area contributed by atoms with Gasteiger partial charge in [0.1, 0.15) is 11.9 Å². The Morgan fingerprint density at radius 2 is 1.79 bits per heavy atom. The first-order chi connectivity index (χ1) is 11.4. The molecule has 0 saturated carbocycles. The number of para-hydroxylation sites is 1. The number of ether oxygens (including phenoxy) is 1. The zero-order valence-corrected chi connectivity index (χ0v) is 12.6. The van der Waals surface area contributed by atoms with Crippen molar-refractivity contribution in [1.82, 2.24) is 4.90 Å². The fraction of sp³-hybridized carbons (Fsp3) is 0.235. The second-order valence-electron chi connectivity index (χ2n) is 5.47. The average Bonchev–Trinajstić information content (AvgIpc) is 2.51. The lowest BCUT2D eigenvalue weighted by Crippen LogP contribution is -2.57. The summed E-state index contributed by atoms with van der Waals surface area (Å²) in [5.74, 6) is 0.151. The molecule has 7 heteroatoms. The first-order valence-corrected chi connectivity index (χ1v) is 7.37. The Balaban J connectivity index is 1.51. The number of benzene rings is 2. The lowest BCUT2D eigenvalue weighted by molar-refractivity contribution is -0.137. The zero-order chi connectivity index (χ0) is 17.2. The summed E-state index contributed by atoms with van der Waals surface area (Å²) in [6.07, 6.45) is -4.71. The van der Waals surface area contributed by atoms with E-state index in [1.807, 2.05) is 18.2 Å². The Labute approximate surface area is 136 Å². The number of hydrogen-bond donors (Lipinski definition) is 1. The standard InChI is InChI=1S/C17H15F3N2O2/c18-17(19,20)12-5-4-8-14(9-12)24-15-10-22(11-15)16(23)21-13-6-2-1-3-7-13/h1-9,15H,10-11H2,(H,21,23). The average molecular weight is 336 g/mol. The van der Waals surface area contributed by atoms with E-state index < -0.39 is 11.7 Å². The molecule has 2 aromatic rings. The van der Waals surface area contributed by atoms with E-state index in [1.165, 1.54) is 17.0 Å². The number of nitrogens with zero attached hydrogens (tertiary/aromatic N) is 1. The number of amides is 2. The van der Waals surface area contributed by atoms with E-state index in [1.54, 1.807) is 12.1 Å². The predicted molar refractivity (Wildman–Crippen MR) is 82.9 cm³/mol. The molecule has 2 amide bonds. The summed E-state index contributed by atoms with van der Waals surface area (Å²) in [6.45, 7) is 0.657. The van der Waals surface area contributed by atoms with E-state index in [4.69, 9.17) is 4.74 Å². The number of likely N-dealkylation sites (tertiary alicyclic amines) is 1. The molecule has 1 saturated heterocycles. The van der Waals surface area contributed by atoms with E-state index in [9.17, 15) is 18.0 Å². The Kier molecular flexibility index (Phi) is 4.33. The highest BCUT2D eigenvalue weighted by atomic mass is 19.4. The molecule has 126 valence electrons. The van der Waals surface area contributed by atoms with Crippen molar-refractivity contribution in [2.75, 3.05) is 18.4 Å². The number of carbonyl (C=O) groups excluding carboxylic acids is 1. The van der Waals surface area contributed by atoms with Crippen LogP contribution in [0.4, 0.5) is 23.7 Å². The maximum atomic E-state index is 12.7. The van der Waals surface area contributed by atoms with Gasteiger partial charge in [-0.2, -0.15) is 13.2 Å². The van der Waals surface area contributed by atoms with Crippen molar-refractivity contribution in [3.8, 4) is 5.75 Å². The van der Waals surface area contributed by atoms with Crippen molar-refractivity contribution in [2.45, 2.75) is 12.3 Å². The number of anilines is 1. The molecule has 0 spiro atoms. The summed E-state index contributed by atoms with van der Waals surface area (Å²) < 4.78 is 43.5. The molecule has 0 unspecified atom stereocenters. The quantitative estimate of drug-likeness (QED) is 0.920. The van der Waals surface area contributed by atoms with Crippen LogP contribution in [0.25, 0.3) is 0 Å². The van der Waals surface area contributed by atoms with Gasteiger partial charge in [0.15, 0.2) is 0 Å². The number of halogens is 3. The minimum atomic E-state index is -4.40. The van der Waals surface area contributed by atoms with Gasteiger partial charge >= 0.3 is 12.2 Å². The third-order valence-electron chi connectivity index (χ3n) is 3.62. The monoisotopic (exact) mass is 336 g/mol. The van der Waals surface area contributed by atoms with Crippen LogP contribution in [-0.2, 0) is 6.18 Å². The molecule has 0 radical (unpaired) electrons. The van der Waals surface area contributed by atoms with Gasteiger partial charge in [-0.15, -0.1) is 0 Å². The molecule has 4 nitrogen and oxygen atoms in total. The van der Waals surface area contributed by atoms with Crippen molar-refractivity contribution in [3.05, 3.63) is 60.2 Å². The second-order valence-corrected chi connectivity index (χ2v) is 5.47. The Morgan fingerprint density at radius 1 is 1.08 bits per heavy atom. The van der Waals surface area contributed by atoms with Gasteiger partial charge in [0.2, 0.25) is 0 Å². The summed E-state index contributed by atoms with van der Waals surface area (Å²) >= 11 is 0. The zero-order valence-electron chi connectivity index (χ0n) is 12.6. The van der Waals surface area contributed by atoms with Crippen LogP contribution in [0.3, 0.4) is 0 Å². The minimum Gasteiger partial charge on any atom is -0.487 e. The molecule has 1 N–H and O–H groups in total. The van der Waals surface area contributed by atoms with Crippen molar-refractivity contribution in [2.24, 2.45) is 0 Å². The number of hydrogen-bond acceptors (Lipinski definition) is 2. The second kappa shape index (κ2) is 6.43. The lowest BCUT2D eigenvalue weighted by Gasteiger charge is -2.38. The molecule has 0 aromatic heterocycles. The molecule has 2 aromatic carbocycles. The van der Waals surface area contributed by atoms with E-state index in [0.29, 0.717) is 18.8 Å². The van der Waals surface area contributed by atoms with Gasteiger partial charge in [-0.05, 0) is 30.3 Å². The highest BCUT2D eigenvalue weighted by Crippen LogP contribution is 2.32.